The van der Waals surface area contributed by atoms with Crippen LogP contribution in [0.15, 0.2) is 18.2 Å². The van der Waals surface area contributed by atoms with Crippen LogP contribution in [0, 0.1) is 5.92 Å². The molecule has 0 atom stereocenters. The molecule has 0 unspecified atom stereocenters. The lowest BCUT2D eigenvalue weighted by Gasteiger charge is -2.30. The number of nitrogens with one attached hydrogen (secondary N) is 3. The van der Waals surface area contributed by atoms with E-state index in [1.54, 1.807) is 25.2 Å². The third-order valence-corrected chi connectivity index (χ3v) is 4.46. The van der Waals surface area contributed by atoms with E-state index < -0.39 is 6.03 Å². The molecule has 140 valence electrons. The number of nitrogens with zero attached hydrogens (tertiary/aromatic N) is 1. The van der Waals surface area contributed by atoms with Crippen molar-refractivity contribution in [2.75, 3.05) is 38.8 Å². The summed E-state index contributed by atoms with van der Waals surface area (Å²) >= 11 is 0. The smallest absolute Gasteiger partial charge is 0.325 e. The fraction of sp³-hybridized carbons (Fsp3) is 0.471. The lowest BCUT2D eigenvalue weighted by molar-refractivity contribution is -0.126. The van der Waals surface area contributed by atoms with Gasteiger partial charge in [0.1, 0.15) is 0 Å². The summed E-state index contributed by atoms with van der Waals surface area (Å²) in [6.07, 6.45) is 1.41. The van der Waals surface area contributed by atoms with Gasteiger partial charge in [-0.05, 0) is 38.1 Å². The van der Waals surface area contributed by atoms with E-state index in [-0.39, 0.29) is 31.1 Å². The SMILES string of the molecule is CNC(=O)C1CCN(CC(=O)NC(=O)Nc2ccc3c(c2)OCO3)CC1. The second-order valence-electron chi connectivity index (χ2n) is 6.24. The van der Waals surface area contributed by atoms with Gasteiger partial charge in [-0.15, -0.1) is 0 Å². The fourth-order valence-electron chi connectivity index (χ4n) is 3.06. The first-order valence-electron chi connectivity index (χ1n) is 8.49. The molecule has 0 spiro atoms. The van der Waals surface area contributed by atoms with Crippen molar-refractivity contribution in [3.05, 3.63) is 18.2 Å². The average molecular weight is 362 g/mol. The number of piperidine rings is 1. The number of hydrogen-bond donors (Lipinski definition) is 3. The third-order valence-electron chi connectivity index (χ3n) is 4.46. The molecule has 2 aliphatic heterocycles. The summed E-state index contributed by atoms with van der Waals surface area (Å²) in [5.74, 6) is 0.813. The number of hydrogen-bond acceptors (Lipinski definition) is 6. The zero-order valence-electron chi connectivity index (χ0n) is 14.5. The Morgan fingerprint density at radius 2 is 1.88 bits per heavy atom. The molecule has 9 heteroatoms. The minimum atomic E-state index is -0.603. The van der Waals surface area contributed by atoms with Crippen molar-refractivity contribution >= 4 is 23.5 Å². The van der Waals surface area contributed by atoms with Crippen LogP contribution in [0.4, 0.5) is 10.5 Å². The first-order chi connectivity index (χ1) is 12.5. The van der Waals surface area contributed by atoms with Crippen molar-refractivity contribution in [3.8, 4) is 11.5 Å². The topological polar surface area (TPSA) is 109 Å². The molecule has 2 heterocycles. The number of imide groups is 1. The molecule has 3 N–H and O–H groups in total. The highest BCUT2D eigenvalue weighted by atomic mass is 16.7. The van der Waals surface area contributed by atoms with Crippen LogP contribution in [0.1, 0.15) is 12.8 Å². The molecule has 26 heavy (non-hydrogen) atoms. The van der Waals surface area contributed by atoms with Gasteiger partial charge in [-0.25, -0.2) is 4.79 Å². The quantitative estimate of drug-likeness (QED) is 0.721. The fourth-order valence-corrected chi connectivity index (χ4v) is 3.06. The Balaban J connectivity index is 1.42. The van der Waals surface area contributed by atoms with Gasteiger partial charge in [-0.1, -0.05) is 0 Å². The first-order valence-corrected chi connectivity index (χ1v) is 8.49. The van der Waals surface area contributed by atoms with Gasteiger partial charge < -0.3 is 20.1 Å². The molecular weight excluding hydrogens is 340 g/mol. The summed E-state index contributed by atoms with van der Waals surface area (Å²) in [6.45, 7) is 1.57. The molecule has 4 amide bonds. The van der Waals surface area contributed by atoms with Crippen LogP contribution in [-0.4, -0.2) is 56.2 Å². The van der Waals surface area contributed by atoms with Gasteiger partial charge in [0.2, 0.25) is 18.6 Å². The second-order valence-corrected chi connectivity index (χ2v) is 6.24. The molecule has 0 bridgehead atoms. The van der Waals surface area contributed by atoms with E-state index in [1.165, 1.54) is 0 Å². The van der Waals surface area contributed by atoms with Crippen molar-refractivity contribution in [3.63, 3.8) is 0 Å². The van der Waals surface area contributed by atoms with Crippen molar-refractivity contribution in [2.45, 2.75) is 12.8 Å². The number of anilines is 1. The van der Waals surface area contributed by atoms with Crippen LogP contribution < -0.4 is 25.4 Å². The van der Waals surface area contributed by atoms with E-state index in [2.05, 4.69) is 16.0 Å². The van der Waals surface area contributed by atoms with Gasteiger partial charge in [0, 0.05) is 24.7 Å². The lowest BCUT2D eigenvalue weighted by Crippen LogP contribution is -2.46. The molecule has 0 aliphatic carbocycles. The van der Waals surface area contributed by atoms with Crippen LogP contribution in [-0.2, 0) is 9.59 Å². The van der Waals surface area contributed by atoms with Crippen LogP contribution >= 0.6 is 0 Å². The zero-order valence-corrected chi connectivity index (χ0v) is 14.5. The number of likely N-dealkylation sites (tertiary alicyclic amines) is 1. The number of rotatable bonds is 4. The van der Waals surface area contributed by atoms with Crippen LogP contribution in [0.2, 0.25) is 0 Å². The molecule has 0 saturated carbocycles. The molecule has 1 fully saturated rings. The summed E-state index contributed by atoms with van der Waals surface area (Å²) < 4.78 is 10.4. The monoisotopic (exact) mass is 362 g/mol. The highest BCUT2D eigenvalue weighted by molar-refractivity contribution is 6.01. The molecule has 0 aromatic heterocycles. The Kier molecular flexibility index (Phi) is 5.57. The predicted octanol–water partition coefficient (Wildman–Crippen LogP) is 0.521. The van der Waals surface area contributed by atoms with Gasteiger partial charge in [0.05, 0.1) is 6.54 Å². The van der Waals surface area contributed by atoms with Gasteiger partial charge in [0.25, 0.3) is 0 Å². The second kappa shape index (κ2) is 8.05. The van der Waals surface area contributed by atoms with Crippen molar-refractivity contribution in [1.82, 2.24) is 15.5 Å². The molecule has 1 saturated heterocycles. The van der Waals surface area contributed by atoms with E-state index in [0.29, 0.717) is 43.1 Å². The van der Waals surface area contributed by atoms with E-state index >= 15 is 0 Å². The Labute approximate surface area is 151 Å². The van der Waals surface area contributed by atoms with E-state index in [9.17, 15) is 14.4 Å². The third kappa shape index (κ3) is 4.42. The van der Waals surface area contributed by atoms with Crippen molar-refractivity contribution in [1.29, 1.82) is 0 Å². The molecule has 0 radical (unpaired) electrons. The summed E-state index contributed by atoms with van der Waals surface area (Å²) in [7, 11) is 1.63. The van der Waals surface area contributed by atoms with Gasteiger partial charge in [-0.2, -0.15) is 0 Å². The number of carbonyl (C=O) groups is 3. The molecular formula is C17H22N4O5. The van der Waals surface area contributed by atoms with E-state index in [4.69, 9.17) is 9.47 Å². The molecule has 3 rings (SSSR count). The average Bonchev–Trinajstić information content (AvgIpc) is 3.09. The molecule has 1 aromatic rings. The Hall–Kier alpha value is -2.81. The van der Waals surface area contributed by atoms with E-state index in [1.807, 2.05) is 4.90 Å². The van der Waals surface area contributed by atoms with Crippen LogP contribution in [0.3, 0.4) is 0 Å². The molecule has 1 aromatic carbocycles. The van der Waals surface area contributed by atoms with Crippen LogP contribution in [0.25, 0.3) is 0 Å². The Morgan fingerprint density at radius 3 is 2.62 bits per heavy atom. The maximum absolute atomic E-state index is 12.0. The highest BCUT2D eigenvalue weighted by Crippen LogP contribution is 2.34. The van der Waals surface area contributed by atoms with E-state index in [0.717, 1.165) is 0 Å². The summed E-state index contributed by atoms with van der Waals surface area (Å²) in [5.41, 5.74) is 0.506. The number of fused-ring (bicyclic) bond motifs is 1. The maximum Gasteiger partial charge on any atom is 0.325 e. The highest BCUT2D eigenvalue weighted by Gasteiger charge is 2.25. The maximum atomic E-state index is 12.0. The van der Waals surface area contributed by atoms with Gasteiger partial charge in [-0.3, -0.25) is 19.8 Å². The minimum absolute atomic E-state index is 0.00591. The number of urea groups is 1. The number of amides is 4. The van der Waals surface area contributed by atoms with Gasteiger partial charge >= 0.3 is 6.03 Å². The number of ether oxygens (including phenoxy) is 2. The Morgan fingerprint density at radius 1 is 1.15 bits per heavy atom. The number of carbonyl (C=O) groups excluding carboxylic acids is 3. The predicted molar refractivity (Wildman–Crippen MR) is 93.0 cm³/mol. The minimum Gasteiger partial charge on any atom is -0.454 e. The lowest BCUT2D eigenvalue weighted by atomic mass is 9.96. The zero-order chi connectivity index (χ0) is 18.5. The van der Waals surface area contributed by atoms with Gasteiger partial charge in [0.15, 0.2) is 11.5 Å². The summed E-state index contributed by atoms with van der Waals surface area (Å²) in [5, 5.41) is 7.55. The summed E-state index contributed by atoms with van der Waals surface area (Å²) in [4.78, 5) is 37.5. The van der Waals surface area contributed by atoms with Crippen molar-refractivity contribution in [2.24, 2.45) is 5.92 Å². The van der Waals surface area contributed by atoms with Crippen molar-refractivity contribution < 1.29 is 23.9 Å². The largest absolute Gasteiger partial charge is 0.454 e. The first kappa shape index (κ1) is 18.0. The molecule has 9 nitrogen and oxygen atoms in total. The standard InChI is InChI=1S/C17H22N4O5/c1-18-16(23)11-4-6-21(7-5-11)9-15(22)20-17(24)19-12-2-3-13-14(8-12)26-10-25-13/h2-3,8,11H,4-7,9-10H2,1H3,(H,18,23)(H2,19,20,22,24). The normalized spacial score (nSPS) is 16.8. The summed E-state index contributed by atoms with van der Waals surface area (Å²) in [6, 6.07) is 4.39. The van der Waals surface area contributed by atoms with Crippen LogP contribution in [0.5, 0.6) is 11.5 Å². The molecule has 2 aliphatic rings. The number of benzene rings is 1. The Bertz CT molecular complexity index is 700.